The van der Waals surface area contributed by atoms with Crippen molar-refractivity contribution in [2.45, 2.75) is 26.6 Å². The van der Waals surface area contributed by atoms with Gasteiger partial charge in [0.05, 0.1) is 0 Å². The Hall–Kier alpha value is -2.95. The van der Waals surface area contributed by atoms with E-state index in [1.54, 1.807) is 18.2 Å². The number of hydrogen-bond donors (Lipinski definition) is 0. The van der Waals surface area contributed by atoms with Crippen LogP contribution in [0.2, 0.25) is 0 Å². The molecule has 0 unspecified atom stereocenters. The molecule has 130 valence electrons. The van der Waals surface area contributed by atoms with Crippen molar-refractivity contribution in [2.75, 3.05) is 0 Å². The van der Waals surface area contributed by atoms with Crippen molar-refractivity contribution in [3.05, 3.63) is 77.1 Å². The lowest BCUT2D eigenvalue weighted by molar-refractivity contribution is -0.178. The maximum atomic E-state index is 13.1. The van der Waals surface area contributed by atoms with E-state index in [-0.39, 0.29) is 5.82 Å². The lowest BCUT2D eigenvalue weighted by atomic mass is 10.0. The van der Waals surface area contributed by atoms with Crippen LogP contribution in [0.25, 0.3) is 6.08 Å². The van der Waals surface area contributed by atoms with Crippen LogP contribution in [-0.2, 0) is 25.5 Å². The molecule has 25 heavy (non-hydrogen) atoms. The van der Waals surface area contributed by atoms with Gasteiger partial charge >= 0.3 is 11.9 Å². The van der Waals surface area contributed by atoms with Gasteiger partial charge in [0.2, 0.25) is 0 Å². The Labute approximate surface area is 145 Å². The van der Waals surface area contributed by atoms with Crippen LogP contribution in [-0.4, -0.2) is 18.2 Å². The van der Waals surface area contributed by atoms with E-state index in [4.69, 9.17) is 9.47 Å². The third-order valence-corrected chi connectivity index (χ3v) is 3.32. The zero-order valence-electron chi connectivity index (χ0n) is 14.1. The second-order valence-corrected chi connectivity index (χ2v) is 5.48. The van der Waals surface area contributed by atoms with Crippen LogP contribution in [0.5, 0.6) is 0 Å². The van der Waals surface area contributed by atoms with Gasteiger partial charge in [0.25, 0.3) is 6.29 Å². The molecule has 0 heterocycles. The summed E-state index contributed by atoms with van der Waals surface area (Å²) in [6.07, 6.45) is 0.993. The zero-order valence-corrected chi connectivity index (χ0v) is 14.1. The predicted octanol–water partition coefficient (Wildman–Crippen LogP) is 3.90. The first-order chi connectivity index (χ1) is 11.9. The van der Waals surface area contributed by atoms with Gasteiger partial charge in [-0.1, -0.05) is 42.5 Å². The molecular formula is C20H19FO4. The molecule has 0 aliphatic heterocycles. The number of ether oxygens (including phenoxy) is 2. The van der Waals surface area contributed by atoms with E-state index in [2.05, 4.69) is 0 Å². The second kappa shape index (κ2) is 8.78. The molecule has 0 spiro atoms. The Balaban J connectivity index is 2.39. The first kappa shape index (κ1) is 18.4. The van der Waals surface area contributed by atoms with Gasteiger partial charge in [-0.15, -0.1) is 0 Å². The number of hydrogen-bond acceptors (Lipinski definition) is 4. The number of carbonyl (C=O) groups is 2. The van der Waals surface area contributed by atoms with Crippen LogP contribution >= 0.6 is 0 Å². The van der Waals surface area contributed by atoms with Crippen molar-refractivity contribution < 1.29 is 23.5 Å². The zero-order chi connectivity index (χ0) is 18.2. The van der Waals surface area contributed by atoms with Crippen molar-refractivity contribution in [2.24, 2.45) is 0 Å². The molecule has 2 aromatic carbocycles. The van der Waals surface area contributed by atoms with E-state index in [0.717, 1.165) is 5.56 Å². The van der Waals surface area contributed by atoms with E-state index >= 15 is 0 Å². The summed E-state index contributed by atoms with van der Waals surface area (Å²) >= 11 is 0. The highest BCUT2D eigenvalue weighted by Crippen LogP contribution is 2.20. The second-order valence-electron chi connectivity index (χ2n) is 5.48. The van der Waals surface area contributed by atoms with Crippen molar-refractivity contribution >= 4 is 18.0 Å². The fourth-order valence-electron chi connectivity index (χ4n) is 2.28. The summed E-state index contributed by atoms with van der Waals surface area (Å²) in [5.41, 5.74) is 2.24. The van der Waals surface area contributed by atoms with Crippen LogP contribution in [0, 0.1) is 5.82 Å². The van der Waals surface area contributed by atoms with Crippen LogP contribution in [0.4, 0.5) is 4.39 Å². The third kappa shape index (κ3) is 6.22. The van der Waals surface area contributed by atoms with E-state index in [1.807, 2.05) is 30.3 Å². The Morgan fingerprint density at radius 1 is 0.960 bits per heavy atom. The van der Waals surface area contributed by atoms with E-state index in [0.29, 0.717) is 17.6 Å². The molecule has 0 fully saturated rings. The Morgan fingerprint density at radius 2 is 1.52 bits per heavy atom. The van der Waals surface area contributed by atoms with Gasteiger partial charge in [-0.25, -0.2) is 4.39 Å². The average molecular weight is 342 g/mol. The number of rotatable bonds is 6. The summed E-state index contributed by atoms with van der Waals surface area (Å²) in [5, 5.41) is 0. The number of halogens is 1. The normalized spacial score (nSPS) is 11.3. The fourth-order valence-corrected chi connectivity index (χ4v) is 2.28. The largest absolute Gasteiger partial charge is 0.421 e. The molecule has 0 aliphatic carbocycles. The minimum absolute atomic E-state index is 0.349. The van der Waals surface area contributed by atoms with E-state index in [1.165, 1.54) is 26.0 Å². The molecule has 0 aliphatic rings. The summed E-state index contributed by atoms with van der Waals surface area (Å²) in [7, 11) is 0. The average Bonchev–Trinajstić information content (AvgIpc) is 2.56. The van der Waals surface area contributed by atoms with E-state index < -0.39 is 18.2 Å². The number of benzene rings is 2. The van der Waals surface area contributed by atoms with Gasteiger partial charge in [-0.05, 0) is 29.3 Å². The molecule has 5 heteroatoms. The molecule has 0 saturated carbocycles. The van der Waals surface area contributed by atoms with Gasteiger partial charge in [0.15, 0.2) is 0 Å². The van der Waals surface area contributed by atoms with Crippen molar-refractivity contribution in [3.8, 4) is 0 Å². The molecule has 0 atom stereocenters. The lowest BCUT2D eigenvalue weighted by Crippen LogP contribution is -2.25. The Morgan fingerprint density at radius 3 is 2.04 bits per heavy atom. The maximum absolute atomic E-state index is 13.1. The molecule has 0 N–H and O–H groups in total. The van der Waals surface area contributed by atoms with Crippen LogP contribution in [0.3, 0.4) is 0 Å². The van der Waals surface area contributed by atoms with Crippen molar-refractivity contribution in [3.63, 3.8) is 0 Å². The smallest absolute Gasteiger partial charge is 0.305 e. The Kier molecular flexibility index (Phi) is 6.46. The summed E-state index contributed by atoms with van der Waals surface area (Å²) in [5.74, 6) is -1.48. The first-order valence-corrected chi connectivity index (χ1v) is 7.78. The standard InChI is InChI=1S/C20H19FO4/c1-14(22)24-20(25-15(2)23)18(12-16-6-4-3-5-7-16)13-17-8-10-19(21)11-9-17/h3-11,13,20H,12H2,1-2H3/b18-13+. The number of carbonyl (C=O) groups excluding carboxylic acids is 2. The molecule has 0 radical (unpaired) electrons. The van der Waals surface area contributed by atoms with Crippen LogP contribution in [0.1, 0.15) is 25.0 Å². The van der Waals surface area contributed by atoms with E-state index in [9.17, 15) is 14.0 Å². The maximum Gasteiger partial charge on any atom is 0.305 e. The molecule has 0 amide bonds. The molecule has 2 rings (SSSR count). The van der Waals surface area contributed by atoms with Gasteiger partial charge < -0.3 is 9.47 Å². The highest BCUT2D eigenvalue weighted by molar-refractivity contribution is 5.69. The van der Waals surface area contributed by atoms with Crippen LogP contribution < -0.4 is 0 Å². The molecule has 2 aromatic rings. The quantitative estimate of drug-likeness (QED) is 0.590. The monoisotopic (exact) mass is 342 g/mol. The minimum Gasteiger partial charge on any atom is -0.421 e. The summed E-state index contributed by atoms with van der Waals surface area (Å²) in [4.78, 5) is 22.8. The summed E-state index contributed by atoms with van der Waals surface area (Å²) in [6, 6.07) is 15.3. The third-order valence-electron chi connectivity index (χ3n) is 3.32. The fraction of sp³-hybridized carbons (Fsp3) is 0.200. The van der Waals surface area contributed by atoms with Gasteiger partial charge in [-0.2, -0.15) is 0 Å². The SMILES string of the molecule is CC(=O)OC(OC(C)=O)/C(=C/c1ccc(F)cc1)Cc1ccccc1. The summed E-state index contributed by atoms with van der Waals surface area (Å²) in [6.45, 7) is 2.49. The molecule has 0 aromatic heterocycles. The highest BCUT2D eigenvalue weighted by Gasteiger charge is 2.21. The van der Waals surface area contributed by atoms with Crippen molar-refractivity contribution in [1.29, 1.82) is 0 Å². The molecular weight excluding hydrogens is 323 g/mol. The first-order valence-electron chi connectivity index (χ1n) is 7.78. The predicted molar refractivity (Wildman–Crippen MR) is 91.8 cm³/mol. The van der Waals surface area contributed by atoms with Crippen molar-refractivity contribution in [1.82, 2.24) is 0 Å². The van der Waals surface area contributed by atoms with Gasteiger partial charge in [0, 0.05) is 25.8 Å². The lowest BCUT2D eigenvalue weighted by Gasteiger charge is -2.20. The Bertz CT molecular complexity index is 735. The van der Waals surface area contributed by atoms with Gasteiger partial charge in [-0.3, -0.25) is 9.59 Å². The molecule has 4 nitrogen and oxygen atoms in total. The molecule has 0 saturated heterocycles. The minimum atomic E-state index is -1.14. The van der Waals surface area contributed by atoms with Crippen LogP contribution in [0.15, 0.2) is 60.2 Å². The summed E-state index contributed by atoms with van der Waals surface area (Å²) < 4.78 is 23.4. The molecule has 0 bridgehead atoms. The number of esters is 2. The highest BCUT2D eigenvalue weighted by atomic mass is 19.1. The van der Waals surface area contributed by atoms with Gasteiger partial charge in [0.1, 0.15) is 5.82 Å². The topological polar surface area (TPSA) is 52.6 Å².